The number of hydrogen-bond donors (Lipinski definition) is 2. The first-order chi connectivity index (χ1) is 7.79. The van der Waals surface area contributed by atoms with Crippen molar-refractivity contribution < 1.29 is 9.13 Å². The number of hydrogen-bond acceptors (Lipinski definition) is 6. The van der Waals surface area contributed by atoms with Crippen molar-refractivity contribution in [1.29, 1.82) is 0 Å². The summed E-state index contributed by atoms with van der Waals surface area (Å²) >= 11 is 1.25. The van der Waals surface area contributed by atoms with Crippen molar-refractivity contribution in [2.45, 2.75) is 6.61 Å². The third kappa shape index (κ3) is 2.44. The van der Waals surface area contributed by atoms with Crippen molar-refractivity contribution in [2.75, 3.05) is 5.43 Å². The number of rotatable bonds is 4. The highest BCUT2D eigenvalue weighted by atomic mass is 32.1. The molecule has 5 nitrogen and oxygen atoms in total. The number of nitrogens with two attached hydrogens (primary N) is 1. The predicted molar refractivity (Wildman–Crippen MR) is 58.5 cm³/mol. The number of nitrogens with one attached hydrogen (secondary N) is 1. The second-order valence-electron chi connectivity index (χ2n) is 2.86. The highest BCUT2D eigenvalue weighted by Crippen LogP contribution is 2.19. The Hall–Kier alpha value is -1.73. The highest BCUT2D eigenvalue weighted by Gasteiger charge is 2.05. The van der Waals surface area contributed by atoms with E-state index in [0.717, 1.165) is 0 Å². The lowest BCUT2D eigenvalue weighted by atomic mass is 10.3. The number of ether oxygens (including phenoxy) is 1. The molecule has 1 aromatic carbocycles. The molecule has 2 aromatic rings. The molecule has 0 spiro atoms. The van der Waals surface area contributed by atoms with Crippen LogP contribution in [0.15, 0.2) is 24.3 Å². The fourth-order valence-electron chi connectivity index (χ4n) is 1.07. The van der Waals surface area contributed by atoms with Crippen LogP contribution in [0.25, 0.3) is 0 Å². The van der Waals surface area contributed by atoms with E-state index in [1.807, 2.05) is 0 Å². The Kier molecular flexibility index (Phi) is 3.28. The molecule has 0 saturated carbocycles. The molecular weight excluding hydrogens is 231 g/mol. The third-order valence-corrected chi connectivity index (χ3v) is 2.61. The van der Waals surface area contributed by atoms with Gasteiger partial charge in [-0.05, 0) is 12.1 Å². The number of benzene rings is 1. The van der Waals surface area contributed by atoms with Crippen molar-refractivity contribution in [3.8, 4) is 5.75 Å². The van der Waals surface area contributed by atoms with Crippen LogP contribution in [0.1, 0.15) is 5.01 Å². The minimum atomic E-state index is -0.399. The molecule has 0 fully saturated rings. The Bertz CT molecular complexity index is 476. The van der Waals surface area contributed by atoms with E-state index in [9.17, 15) is 4.39 Å². The van der Waals surface area contributed by atoms with E-state index in [4.69, 9.17) is 10.6 Å². The van der Waals surface area contributed by atoms with E-state index < -0.39 is 5.82 Å². The van der Waals surface area contributed by atoms with Crippen molar-refractivity contribution in [3.05, 3.63) is 35.1 Å². The molecule has 84 valence electrons. The first kappa shape index (κ1) is 10.8. The molecule has 0 unspecified atom stereocenters. The van der Waals surface area contributed by atoms with E-state index in [1.54, 1.807) is 18.2 Å². The lowest BCUT2D eigenvalue weighted by Gasteiger charge is -2.03. The monoisotopic (exact) mass is 240 g/mol. The lowest BCUT2D eigenvalue weighted by molar-refractivity contribution is 0.289. The number of anilines is 1. The molecule has 2 rings (SSSR count). The molecule has 3 N–H and O–H groups in total. The van der Waals surface area contributed by atoms with Gasteiger partial charge in [0.05, 0.1) is 0 Å². The summed E-state index contributed by atoms with van der Waals surface area (Å²) in [6.07, 6.45) is 0. The van der Waals surface area contributed by atoms with Crippen LogP contribution in [0, 0.1) is 5.82 Å². The van der Waals surface area contributed by atoms with Crippen molar-refractivity contribution in [1.82, 2.24) is 10.2 Å². The number of nitrogen functional groups attached to an aromatic ring is 1. The Labute approximate surface area is 95.0 Å². The van der Waals surface area contributed by atoms with Gasteiger partial charge in [0.25, 0.3) is 0 Å². The number of nitrogens with zero attached hydrogens (tertiary/aromatic N) is 2. The molecule has 0 aliphatic carbocycles. The van der Waals surface area contributed by atoms with Crippen LogP contribution in [0.4, 0.5) is 9.52 Å². The molecule has 7 heteroatoms. The fraction of sp³-hybridized carbons (Fsp3) is 0.111. The second kappa shape index (κ2) is 4.86. The number of aromatic nitrogens is 2. The van der Waals surface area contributed by atoms with E-state index in [2.05, 4.69) is 15.6 Å². The molecule has 0 saturated heterocycles. The largest absolute Gasteiger partial charge is 0.483 e. The van der Waals surface area contributed by atoms with Crippen molar-refractivity contribution >= 4 is 16.5 Å². The van der Waals surface area contributed by atoms with E-state index in [1.165, 1.54) is 17.4 Å². The van der Waals surface area contributed by atoms with Gasteiger partial charge in [0.2, 0.25) is 5.13 Å². The second-order valence-corrected chi connectivity index (χ2v) is 3.93. The summed E-state index contributed by atoms with van der Waals surface area (Å²) in [7, 11) is 0. The van der Waals surface area contributed by atoms with Crippen molar-refractivity contribution in [2.24, 2.45) is 5.84 Å². The summed E-state index contributed by atoms with van der Waals surface area (Å²) < 4.78 is 18.4. The van der Waals surface area contributed by atoms with Gasteiger partial charge in [-0.25, -0.2) is 10.2 Å². The Morgan fingerprint density at radius 3 is 2.88 bits per heavy atom. The Morgan fingerprint density at radius 2 is 2.19 bits per heavy atom. The predicted octanol–water partition coefficient (Wildman–Crippen LogP) is 1.54. The molecule has 0 radical (unpaired) electrons. The van der Waals surface area contributed by atoms with Crippen LogP contribution in [-0.2, 0) is 6.61 Å². The quantitative estimate of drug-likeness (QED) is 0.626. The van der Waals surface area contributed by atoms with Gasteiger partial charge < -0.3 is 4.74 Å². The van der Waals surface area contributed by atoms with Crippen LogP contribution in [0.3, 0.4) is 0 Å². The number of halogens is 1. The van der Waals surface area contributed by atoms with Gasteiger partial charge in [0, 0.05) is 0 Å². The fourth-order valence-corrected chi connectivity index (χ4v) is 1.63. The zero-order chi connectivity index (χ0) is 11.4. The number of para-hydroxylation sites is 1. The first-order valence-corrected chi connectivity index (χ1v) is 5.27. The van der Waals surface area contributed by atoms with Gasteiger partial charge in [0.15, 0.2) is 16.6 Å². The number of hydrazine groups is 1. The maximum absolute atomic E-state index is 13.2. The summed E-state index contributed by atoms with van der Waals surface area (Å²) in [6, 6.07) is 6.19. The normalized spacial score (nSPS) is 10.1. The maximum Gasteiger partial charge on any atom is 0.219 e. The molecular formula is C9H9FN4OS. The molecule has 16 heavy (non-hydrogen) atoms. The van der Waals surface area contributed by atoms with Gasteiger partial charge in [-0.2, -0.15) is 0 Å². The molecule has 0 bridgehead atoms. The minimum Gasteiger partial charge on any atom is -0.483 e. The van der Waals surface area contributed by atoms with Crippen molar-refractivity contribution in [3.63, 3.8) is 0 Å². The van der Waals surface area contributed by atoms with Gasteiger partial charge in [0.1, 0.15) is 6.61 Å². The highest BCUT2D eigenvalue weighted by molar-refractivity contribution is 7.15. The zero-order valence-electron chi connectivity index (χ0n) is 8.18. The molecule has 0 atom stereocenters. The maximum atomic E-state index is 13.2. The molecule has 1 aromatic heterocycles. The van der Waals surface area contributed by atoms with Gasteiger partial charge in [-0.1, -0.05) is 23.5 Å². The zero-order valence-corrected chi connectivity index (χ0v) is 9.00. The summed E-state index contributed by atoms with van der Waals surface area (Å²) in [4.78, 5) is 0. The van der Waals surface area contributed by atoms with Crippen LogP contribution >= 0.6 is 11.3 Å². The molecule has 1 heterocycles. The Morgan fingerprint density at radius 1 is 1.38 bits per heavy atom. The smallest absolute Gasteiger partial charge is 0.219 e. The van der Waals surface area contributed by atoms with Gasteiger partial charge in [-0.15, -0.1) is 10.2 Å². The summed E-state index contributed by atoms with van der Waals surface area (Å²) in [5.41, 5.74) is 2.37. The van der Waals surface area contributed by atoms with Crippen LogP contribution in [0.2, 0.25) is 0 Å². The average molecular weight is 240 g/mol. The van der Waals surface area contributed by atoms with E-state index in [0.29, 0.717) is 10.1 Å². The van der Waals surface area contributed by atoms with Gasteiger partial charge >= 0.3 is 0 Å². The third-order valence-electron chi connectivity index (χ3n) is 1.78. The lowest BCUT2D eigenvalue weighted by Crippen LogP contribution is -2.05. The summed E-state index contributed by atoms with van der Waals surface area (Å²) in [6.45, 7) is 0.167. The van der Waals surface area contributed by atoms with E-state index >= 15 is 0 Å². The summed E-state index contributed by atoms with van der Waals surface area (Å²) in [5, 5.41) is 8.65. The standard InChI is InChI=1S/C9H9FN4OS/c10-6-3-1-2-4-7(6)15-5-8-13-14-9(12-11)16-8/h1-4H,5,11H2,(H,12,14). The topological polar surface area (TPSA) is 73.1 Å². The van der Waals surface area contributed by atoms with Gasteiger partial charge in [-0.3, -0.25) is 5.43 Å². The first-order valence-electron chi connectivity index (χ1n) is 4.46. The average Bonchev–Trinajstić information content (AvgIpc) is 2.76. The van der Waals surface area contributed by atoms with E-state index in [-0.39, 0.29) is 12.4 Å². The van der Waals surface area contributed by atoms with Crippen LogP contribution < -0.4 is 16.0 Å². The SMILES string of the molecule is NNc1nnc(COc2ccccc2F)s1. The summed E-state index contributed by atoms with van der Waals surface area (Å²) in [5.74, 6) is 4.95. The molecule has 0 amide bonds. The molecule has 0 aliphatic heterocycles. The molecule has 0 aliphatic rings. The van der Waals surface area contributed by atoms with Crippen LogP contribution in [0.5, 0.6) is 5.75 Å². The minimum absolute atomic E-state index is 0.167. The Balaban J connectivity index is 1.99. The van der Waals surface area contributed by atoms with Crippen LogP contribution in [-0.4, -0.2) is 10.2 Å².